The van der Waals surface area contributed by atoms with Crippen molar-refractivity contribution in [2.45, 2.75) is 25.6 Å². The van der Waals surface area contributed by atoms with Crippen LogP contribution in [0, 0.1) is 0 Å². The lowest BCUT2D eigenvalue weighted by Crippen LogP contribution is -2.25. The summed E-state index contributed by atoms with van der Waals surface area (Å²) in [6.45, 7) is 0. The molecule has 122 valence electrons. The number of carbonyl (C=O) groups is 2. The molecule has 22 heavy (non-hydrogen) atoms. The lowest BCUT2D eigenvalue weighted by Gasteiger charge is -2.12. The molecule has 0 bridgehead atoms. The van der Waals surface area contributed by atoms with Crippen LogP contribution in [0.3, 0.4) is 0 Å². The fraction of sp³-hybridized carbons (Fsp3) is 0.364. The zero-order valence-electron chi connectivity index (χ0n) is 10.4. The molecule has 0 saturated carbocycles. The van der Waals surface area contributed by atoms with Crippen molar-refractivity contribution in [3.63, 3.8) is 0 Å². The molecule has 1 heterocycles. The first kappa shape index (κ1) is 17.7. The maximum Gasteiger partial charge on any atom is 0.360 e. The predicted octanol–water partition coefficient (Wildman–Crippen LogP) is 2.52. The van der Waals surface area contributed by atoms with E-state index in [1.165, 1.54) is 0 Å². The van der Waals surface area contributed by atoms with E-state index in [4.69, 9.17) is 0 Å². The lowest BCUT2D eigenvalue weighted by molar-refractivity contribution is -0.0992. The summed E-state index contributed by atoms with van der Waals surface area (Å²) in [7, 11) is 0. The quantitative estimate of drug-likeness (QED) is 0.592. The second-order valence-corrected chi connectivity index (χ2v) is 3.58. The number of alkyl halides is 6. The van der Waals surface area contributed by atoms with Crippen molar-refractivity contribution in [2.75, 3.05) is 0 Å². The minimum absolute atomic E-state index is 0.805. The Morgan fingerprint density at radius 1 is 0.909 bits per heavy atom. The van der Waals surface area contributed by atoms with Crippen molar-refractivity contribution in [3.8, 4) is 0 Å². The van der Waals surface area contributed by atoms with Crippen LogP contribution in [-0.4, -0.2) is 42.5 Å². The number of rotatable bonds is 6. The molecule has 1 aromatic heterocycles. The molecule has 11 heteroatoms. The standard InChI is InChI=1S/C11H7F6NO4/c12-6(13)8(16)21-10(19)4-2-1-3-18-5(4)11(20)22-9(17)7(14)15/h1-3,6-9H. The summed E-state index contributed by atoms with van der Waals surface area (Å²) in [6, 6.07) is 1.85. The van der Waals surface area contributed by atoms with Gasteiger partial charge < -0.3 is 9.47 Å². The average molecular weight is 331 g/mol. The Morgan fingerprint density at radius 3 is 1.91 bits per heavy atom. The van der Waals surface area contributed by atoms with Gasteiger partial charge in [-0.3, -0.25) is 0 Å². The maximum absolute atomic E-state index is 12.6. The number of pyridine rings is 1. The minimum atomic E-state index is -3.64. The third-order valence-electron chi connectivity index (χ3n) is 2.06. The van der Waals surface area contributed by atoms with Crippen molar-refractivity contribution >= 4 is 11.9 Å². The molecule has 0 spiro atoms. The Kier molecular flexibility index (Phi) is 6.13. The van der Waals surface area contributed by atoms with Gasteiger partial charge in [0.15, 0.2) is 5.69 Å². The van der Waals surface area contributed by atoms with Crippen LogP contribution in [0.15, 0.2) is 18.3 Å². The molecule has 0 aliphatic carbocycles. The van der Waals surface area contributed by atoms with Crippen LogP contribution in [0.4, 0.5) is 26.3 Å². The highest BCUT2D eigenvalue weighted by Gasteiger charge is 2.30. The molecule has 1 aromatic rings. The number of carbonyl (C=O) groups excluding carboxylic acids is 2. The van der Waals surface area contributed by atoms with E-state index in [9.17, 15) is 35.9 Å². The lowest BCUT2D eigenvalue weighted by atomic mass is 10.2. The van der Waals surface area contributed by atoms with Crippen LogP contribution in [0.2, 0.25) is 0 Å². The molecule has 0 amide bonds. The molecule has 0 aliphatic heterocycles. The Bertz CT molecular complexity index is 494. The van der Waals surface area contributed by atoms with Gasteiger partial charge in [0, 0.05) is 6.20 Å². The minimum Gasteiger partial charge on any atom is -0.421 e. The van der Waals surface area contributed by atoms with Gasteiger partial charge >= 0.3 is 37.5 Å². The number of halogens is 6. The van der Waals surface area contributed by atoms with E-state index < -0.39 is 48.8 Å². The van der Waals surface area contributed by atoms with Crippen LogP contribution in [0.25, 0.3) is 0 Å². The zero-order chi connectivity index (χ0) is 16.9. The second-order valence-electron chi connectivity index (χ2n) is 3.58. The monoisotopic (exact) mass is 331 g/mol. The number of hydrogen-bond donors (Lipinski definition) is 0. The van der Waals surface area contributed by atoms with Crippen LogP contribution >= 0.6 is 0 Å². The van der Waals surface area contributed by atoms with Gasteiger partial charge in [-0.2, -0.15) is 8.78 Å². The Balaban J connectivity index is 2.94. The Morgan fingerprint density at radius 2 is 1.41 bits per heavy atom. The van der Waals surface area contributed by atoms with Gasteiger partial charge in [0.05, 0.1) is 5.56 Å². The summed E-state index contributed by atoms with van der Waals surface area (Å²) >= 11 is 0. The van der Waals surface area contributed by atoms with E-state index in [1.54, 1.807) is 0 Å². The molecule has 0 N–H and O–H groups in total. The van der Waals surface area contributed by atoms with Crippen LogP contribution in [0.5, 0.6) is 0 Å². The maximum atomic E-state index is 12.6. The smallest absolute Gasteiger partial charge is 0.360 e. The number of hydrogen-bond acceptors (Lipinski definition) is 5. The van der Waals surface area contributed by atoms with Crippen molar-refractivity contribution in [1.82, 2.24) is 4.98 Å². The first-order valence-electron chi connectivity index (χ1n) is 5.45. The molecule has 0 aromatic carbocycles. The topological polar surface area (TPSA) is 65.5 Å². The van der Waals surface area contributed by atoms with Crippen molar-refractivity contribution in [2.24, 2.45) is 0 Å². The average Bonchev–Trinajstić information content (AvgIpc) is 2.46. The van der Waals surface area contributed by atoms with Crippen molar-refractivity contribution < 1.29 is 45.4 Å². The third-order valence-corrected chi connectivity index (χ3v) is 2.06. The molecular weight excluding hydrogens is 324 g/mol. The van der Waals surface area contributed by atoms with Gasteiger partial charge in [0.25, 0.3) is 0 Å². The van der Waals surface area contributed by atoms with Gasteiger partial charge in [0.2, 0.25) is 0 Å². The SMILES string of the molecule is O=C(OC(F)C(F)F)c1cccnc1C(=O)OC(F)C(F)F. The van der Waals surface area contributed by atoms with Crippen LogP contribution < -0.4 is 0 Å². The van der Waals surface area contributed by atoms with E-state index in [-0.39, 0.29) is 0 Å². The van der Waals surface area contributed by atoms with Crippen molar-refractivity contribution in [1.29, 1.82) is 0 Å². The number of ether oxygens (including phenoxy) is 2. The Labute approximate surface area is 118 Å². The molecule has 0 aliphatic rings. The van der Waals surface area contributed by atoms with Gasteiger partial charge in [-0.25, -0.2) is 32.1 Å². The Hall–Kier alpha value is -2.33. The first-order chi connectivity index (χ1) is 10.2. The third kappa shape index (κ3) is 4.60. The van der Waals surface area contributed by atoms with Crippen LogP contribution in [-0.2, 0) is 9.47 Å². The van der Waals surface area contributed by atoms with Gasteiger partial charge in [-0.15, -0.1) is 0 Å². The summed E-state index contributed by atoms with van der Waals surface area (Å²) in [6.07, 6.45) is -12.9. The summed E-state index contributed by atoms with van der Waals surface area (Å²) in [5.74, 6) is -3.49. The zero-order valence-corrected chi connectivity index (χ0v) is 10.4. The number of aromatic nitrogens is 1. The fourth-order valence-electron chi connectivity index (χ4n) is 1.16. The van der Waals surface area contributed by atoms with E-state index in [2.05, 4.69) is 14.5 Å². The van der Waals surface area contributed by atoms with Gasteiger partial charge in [-0.1, -0.05) is 0 Å². The summed E-state index contributed by atoms with van der Waals surface area (Å²) in [5, 5.41) is 0. The summed E-state index contributed by atoms with van der Waals surface area (Å²) in [5.41, 5.74) is -1.84. The molecule has 0 fully saturated rings. The highest BCUT2D eigenvalue weighted by Crippen LogP contribution is 2.16. The van der Waals surface area contributed by atoms with Crippen LogP contribution in [0.1, 0.15) is 20.8 Å². The summed E-state index contributed by atoms with van der Waals surface area (Å²) < 4.78 is 80.3. The second kappa shape index (κ2) is 7.61. The molecular formula is C11H7F6NO4. The largest absolute Gasteiger partial charge is 0.421 e. The van der Waals surface area contributed by atoms with E-state index >= 15 is 0 Å². The molecule has 2 unspecified atom stereocenters. The first-order valence-corrected chi connectivity index (χ1v) is 5.45. The van der Waals surface area contributed by atoms with Gasteiger partial charge in [0.1, 0.15) is 0 Å². The summed E-state index contributed by atoms with van der Waals surface area (Å²) in [4.78, 5) is 26.1. The fourth-order valence-corrected chi connectivity index (χ4v) is 1.16. The molecule has 5 nitrogen and oxygen atoms in total. The molecule has 0 radical (unpaired) electrons. The normalized spacial score (nSPS) is 13.8. The molecule has 0 saturated heterocycles. The van der Waals surface area contributed by atoms with E-state index in [0.717, 1.165) is 18.3 Å². The highest BCUT2D eigenvalue weighted by atomic mass is 19.3. The highest BCUT2D eigenvalue weighted by molar-refractivity contribution is 6.01. The molecule has 1 rings (SSSR count). The van der Waals surface area contributed by atoms with Gasteiger partial charge in [-0.05, 0) is 12.1 Å². The predicted molar refractivity (Wildman–Crippen MR) is 56.9 cm³/mol. The van der Waals surface area contributed by atoms with E-state index in [1.807, 2.05) is 0 Å². The van der Waals surface area contributed by atoms with E-state index in [0.29, 0.717) is 0 Å². The van der Waals surface area contributed by atoms with Crippen molar-refractivity contribution in [3.05, 3.63) is 29.6 Å². The molecule has 2 atom stereocenters. The number of nitrogens with zero attached hydrogens (tertiary/aromatic N) is 1. The number of esters is 2.